The van der Waals surface area contributed by atoms with Crippen molar-refractivity contribution < 1.29 is 14.6 Å². The van der Waals surface area contributed by atoms with Crippen molar-refractivity contribution in [2.24, 2.45) is 0 Å². The molecule has 20 heavy (non-hydrogen) atoms. The Kier molecular flexibility index (Phi) is 4.48. The van der Waals surface area contributed by atoms with E-state index in [1.165, 1.54) is 19.2 Å². The number of carbonyl (C=O) groups excluding carboxylic acids is 1. The summed E-state index contributed by atoms with van der Waals surface area (Å²) in [5.41, 5.74) is 1.45. The minimum Gasteiger partial charge on any atom is -0.508 e. The van der Waals surface area contributed by atoms with Gasteiger partial charge in [0.25, 0.3) is 0 Å². The smallest absolute Gasteiger partial charge is 0.332 e. The van der Waals surface area contributed by atoms with E-state index in [0.29, 0.717) is 10.6 Å². The van der Waals surface area contributed by atoms with Crippen LogP contribution in [0.3, 0.4) is 0 Å². The Morgan fingerprint density at radius 3 is 2.30 bits per heavy atom. The molecular formula is C15H14ClNO3. The monoisotopic (exact) mass is 291 g/mol. The SMILES string of the molecule is COC(=O)C(Nc1ccc(Cl)cc1)c1ccc(O)cc1. The maximum Gasteiger partial charge on any atom is 0.332 e. The molecule has 0 spiro atoms. The van der Waals surface area contributed by atoms with Crippen LogP contribution in [-0.2, 0) is 9.53 Å². The van der Waals surface area contributed by atoms with Crippen LogP contribution in [0.1, 0.15) is 11.6 Å². The van der Waals surface area contributed by atoms with Crippen LogP contribution in [-0.4, -0.2) is 18.2 Å². The van der Waals surface area contributed by atoms with Gasteiger partial charge >= 0.3 is 5.97 Å². The Labute approximate surface area is 122 Å². The molecule has 0 aliphatic rings. The fraction of sp³-hybridized carbons (Fsp3) is 0.133. The molecule has 2 aromatic carbocycles. The second-order valence-electron chi connectivity index (χ2n) is 4.20. The molecule has 2 aromatic rings. The molecule has 0 aliphatic carbocycles. The molecule has 2 N–H and O–H groups in total. The lowest BCUT2D eigenvalue weighted by atomic mass is 10.1. The number of methoxy groups -OCH3 is 1. The number of carbonyl (C=O) groups is 1. The summed E-state index contributed by atoms with van der Waals surface area (Å²) in [7, 11) is 1.33. The number of anilines is 1. The van der Waals surface area contributed by atoms with Crippen molar-refractivity contribution in [3.63, 3.8) is 0 Å². The molecule has 1 atom stereocenters. The second kappa shape index (κ2) is 6.30. The number of aromatic hydroxyl groups is 1. The molecule has 4 nitrogen and oxygen atoms in total. The molecule has 0 radical (unpaired) electrons. The number of halogens is 1. The summed E-state index contributed by atoms with van der Waals surface area (Å²) in [5, 5.41) is 13.0. The van der Waals surface area contributed by atoms with E-state index in [9.17, 15) is 9.90 Å². The van der Waals surface area contributed by atoms with Gasteiger partial charge in [-0.3, -0.25) is 0 Å². The fourth-order valence-corrected chi connectivity index (χ4v) is 1.90. The highest BCUT2D eigenvalue weighted by Gasteiger charge is 2.21. The van der Waals surface area contributed by atoms with Crippen LogP contribution >= 0.6 is 11.6 Å². The summed E-state index contributed by atoms with van der Waals surface area (Å²) < 4.78 is 4.80. The summed E-state index contributed by atoms with van der Waals surface area (Å²) in [4.78, 5) is 11.9. The third-order valence-electron chi connectivity index (χ3n) is 2.82. The van der Waals surface area contributed by atoms with Gasteiger partial charge in [-0.15, -0.1) is 0 Å². The van der Waals surface area contributed by atoms with Crippen LogP contribution in [0.5, 0.6) is 5.75 Å². The first kappa shape index (κ1) is 14.2. The molecule has 0 bridgehead atoms. The van der Waals surface area contributed by atoms with Crippen molar-refractivity contribution in [3.8, 4) is 5.75 Å². The van der Waals surface area contributed by atoms with E-state index in [4.69, 9.17) is 16.3 Å². The van der Waals surface area contributed by atoms with Crippen LogP contribution in [0, 0.1) is 0 Å². The summed E-state index contributed by atoms with van der Waals surface area (Å²) in [6.45, 7) is 0. The minimum absolute atomic E-state index is 0.142. The normalized spacial score (nSPS) is 11.7. The molecule has 0 saturated carbocycles. The van der Waals surface area contributed by atoms with Crippen LogP contribution in [0.2, 0.25) is 5.02 Å². The molecule has 0 saturated heterocycles. The molecule has 0 amide bonds. The number of hydrogen-bond acceptors (Lipinski definition) is 4. The first-order valence-corrected chi connectivity index (χ1v) is 6.37. The minimum atomic E-state index is -0.651. The first-order chi connectivity index (χ1) is 9.60. The van der Waals surface area contributed by atoms with E-state index in [2.05, 4.69) is 5.32 Å². The van der Waals surface area contributed by atoms with Gasteiger partial charge in [-0.1, -0.05) is 23.7 Å². The van der Waals surface area contributed by atoms with Crippen molar-refractivity contribution in [1.29, 1.82) is 0 Å². The number of phenolic OH excluding ortho intramolecular Hbond substituents is 1. The Hall–Kier alpha value is -2.20. The second-order valence-corrected chi connectivity index (χ2v) is 4.64. The highest BCUT2D eigenvalue weighted by atomic mass is 35.5. The Morgan fingerprint density at radius 2 is 1.75 bits per heavy atom. The van der Waals surface area contributed by atoms with Crippen molar-refractivity contribution >= 4 is 23.3 Å². The van der Waals surface area contributed by atoms with Crippen molar-refractivity contribution in [2.45, 2.75) is 6.04 Å². The molecule has 0 aliphatic heterocycles. The summed E-state index contributed by atoms with van der Waals surface area (Å²) in [6, 6.07) is 12.7. The van der Waals surface area contributed by atoms with E-state index in [-0.39, 0.29) is 5.75 Å². The molecule has 2 rings (SSSR count). The number of esters is 1. The number of hydrogen-bond donors (Lipinski definition) is 2. The van der Waals surface area contributed by atoms with Crippen molar-refractivity contribution in [2.75, 3.05) is 12.4 Å². The average molecular weight is 292 g/mol. The quantitative estimate of drug-likeness (QED) is 0.848. The van der Waals surface area contributed by atoms with Crippen LogP contribution < -0.4 is 5.32 Å². The van der Waals surface area contributed by atoms with Gasteiger partial charge in [0.15, 0.2) is 6.04 Å². The standard InChI is InChI=1S/C15H14ClNO3/c1-20-15(19)14(10-2-8-13(18)9-3-10)17-12-6-4-11(16)5-7-12/h2-9,14,17-18H,1H3. The van der Waals surface area contributed by atoms with E-state index < -0.39 is 12.0 Å². The summed E-state index contributed by atoms with van der Waals surface area (Å²) >= 11 is 5.83. The van der Waals surface area contributed by atoms with Gasteiger partial charge in [0.05, 0.1) is 7.11 Å². The zero-order chi connectivity index (χ0) is 14.5. The predicted molar refractivity (Wildman–Crippen MR) is 77.9 cm³/mol. The number of rotatable bonds is 4. The van der Waals surface area contributed by atoms with Crippen LogP contribution in [0.4, 0.5) is 5.69 Å². The average Bonchev–Trinajstić information content (AvgIpc) is 2.47. The maximum absolute atomic E-state index is 11.9. The zero-order valence-electron chi connectivity index (χ0n) is 10.8. The van der Waals surface area contributed by atoms with E-state index in [1.807, 2.05) is 0 Å². The maximum atomic E-state index is 11.9. The van der Waals surface area contributed by atoms with Gasteiger partial charge in [0.1, 0.15) is 5.75 Å². The van der Waals surface area contributed by atoms with Crippen LogP contribution in [0.15, 0.2) is 48.5 Å². The van der Waals surface area contributed by atoms with Crippen molar-refractivity contribution in [3.05, 3.63) is 59.1 Å². The van der Waals surface area contributed by atoms with E-state index in [0.717, 1.165) is 5.69 Å². The highest BCUT2D eigenvalue weighted by molar-refractivity contribution is 6.30. The molecule has 1 unspecified atom stereocenters. The third-order valence-corrected chi connectivity index (χ3v) is 3.07. The van der Waals surface area contributed by atoms with E-state index >= 15 is 0 Å². The summed E-state index contributed by atoms with van der Waals surface area (Å²) in [6.07, 6.45) is 0. The predicted octanol–water partition coefficient (Wildman–Crippen LogP) is 3.37. The number of ether oxygens (including phenoxy) is 1. The molecule has 5 heteroatoms. The summed E-state index contributed by atoms with van der Waals surface area (Å²) in [5.74, 6) is -0.269. The first-order valence-electron chi connectivity index (χ1n) is 5.99. The largest absolute Gasteiger partial charge is 0.508 e. The fourth-order valence-electron chi connectivity index (χ4n) is 1.78. The van der Waals surface area contributed by atoms with Gasteiger partial charge in [0.2, 0.25) is 0 Å². The zero-order valence-corrected chi connectivity index (χ0v) is 11.6. The Balaban J connectivity index is 2.26. The Morgan fingerprint density at radius 1 is 1.15 bits per heavy atom. The number of phenols is 1. The van der Waals surface area contributed by atoms with Gasteiger partial charge < -0.3 is 15.2 Å². The van der Waals surface area contributed by atoms with Crippen LogP contribution in [0.25, 0.3) is 0 Å². The van der Waals surface area contributed by atoms with E-state index in [1.54, 1.807) is 36.4 Å². The van der Waals surface area contributed by atoms with Crippen molar-refractivity contribution in [1.82, 2.24) is 0 Å². The molecular weight excluding hydrogens is 278 g/mol. The molecule has 0 heterocycles. The molecule has 0 fully saturated rings. The number of nitrogens with one attached hydrogen (secondary N) is 1. The molecule has 0 aromatic heterocycles. The van der Waals surface area contributed by atoms with Gasteiger partial charge in [0, 0.05) is 10.7 Å². The lowest BCUT2D eigenvalue weighted by molar-refractivity contribution is -0.141. The van der Waals surface area contributed by atoms with Gasteiger partial charge in [-0.2, -0.15) is 0 Å². The lowest BCUT2D eigenvalue weighted by Gasteiger charge is -2.18. The Bertz CT molecular complexity index is 581. The number of benzene rings is 2. The van der Waals surface area contributed by atoms with Gasteiger partial charge in [-0.05, 0) is 42.0 Å². The molecule has 104 valence electrons. The lowest BCUT2D eigenvalue weighted by Crippen LogP contribution is -2.22. The van der Waals surface area contributed by atoms with Gasteiger partial charge in [-0.25, -0.2) is 4.79 Å². The third kappa shape index (κ3) is 3.42. The highest BCUT2D eigenvalue weighted by Crippen LogP contribution is 2.23. The topological polar surface area (TPSA) is 58.6 Å².